The van der Waals surface area contributed by atoms with Crippen LogP contribution in [0, 0.1) is 18.3 Å². The Labute approximate surface area is 226 Å². The van der Waals surface area contributed by atoms with Crippen LogP contribution in [0.1, 0.15) is 37.8 Å². The average Bonchev–Trinajstić information content (AvgIpc) is 3.39. The molecule has 38 heavy (non-hydrogen) atoms. The zero-order valence-electron chi connectivity index (χ0n) is 22.4. The fourth-order valence-corrected chi connectivity index (χ4v) is 7.31. The minimum absolute atomic E-state index is 0.111. The molecule has 0 saturated carbocycles. The van der Waals surface area contributed by atoms with E-state index in [9.17, 15) is 13.2 Å². The summed E-state index contributed by atoms with van der Waals surface area (Å²) in [6.45, 7) is 10.4. The number of nitrogens with zero attached hydrogens (tertiary/aromatic N) is 4. The maximum atomic E-state index is 13.4. The molecule has 2 aliphatic heterocycles. The van der Waals surface area contributed by atoms with E-state index in [0.29, 0.717) is 30.9 Å². The number of nitriles is 1. The summed E-state index contributed by atoms with van der Waals surface area (Å²) >= 11 is 0. The molecule has 0 aromatic heterocycles. The van der Waals surface area contributed by atoms with Crippen LogP contribution < -0.4 is 10.1 Å². The molecule has 2 aromatic carbocycles. The Hall–Kier alpha value is -2.97. The third-order valence-corrected chi connectivity index (χ3v) is 9.37. The van der Waals surface area contributed by atoms with Crippen LogP contribution >= 0.6 is 0 Å². The van der Waals surface area contributed by atoms with Crippen LogP contribution in [0.25, 0.3) is 0 Å². The summed E-state index contributed by atoms with van der Waals surface area (Å²) in [6, 6.07) is 13.1. The quantitative estimate of drug-likeness (QED) is 0.522. The van der Waals surface area contributed by atoms with Crippen molar-refractivity contribution in [1.29, 1.82) is 5.26 Å². The van der Waals surface area contributed by atoms with Crippen molar-refractivity contribution < 1.29 is 17.9 Å². The first-order valence-electron chi connectivity index (χ1n) is 13.2. The normalized spacial score (nSPS) is 21.2. The van der Waals surface area contributed by atoms with Gasteiger partial charge in [-0.2, -0.15) is 9.57 Å². The minimum atomic E-state index is -3.78. The summed E-state index contributed by atoms with van der Waals surface area (Å²) < 4.78 is 34.2. The van der Waals surface area contributed by atoms with E-state index >= 15 is 0 Å². The van der Waals surface area contributed by atoms with Gasteiger partial charge in [-0.3, -0.25) is 14.6 Å². The lowest BCUT2D eigenvalue weighted by molar-refractivity contribution is -0.118. The number of anilines is 1. The van der Waals surface area contributed by atoms with Crippen molar-refractivity contribution in [3.05, 3.63) is 53.6 Å². The highest BCUT2D eigenvalue weighted by Gasteiger charge is 2.39. The van der Waals surface area contributed by atoms with Gasteiger partial charge in [0.25, 0.3) is 0 Å². The van der Waals surface area contributed by atoms with E-state index in [4.69, 9.17) is 10.00 Å². The summed E-state index contributed by atoms with van der Waals surface area (Å²) in [6.07, 6.45) is 2.50. The largest absolute Gasteiger partial charge is 0.492 e. The average molecular weight is 540 g/mol. The Morgan fingerprint density at radius 3 is 2.45 bits per heavy atom. The van der Waals surface area contributed by atoms with Gasteiger partial charge in [0.2, 0.25) is 15.9 Å². The third kappa shape index (κ3) is 6.53. The maximum absolute atomic E-state index is 13.4. The Balaban J connectivity index is 1.34. The lowest BCUT2D eigenvalue weighted by atomic mass is 10.1. The Morgan fingerprint density at radius 1 is 1.08 bits per heavy atom. The van der Waals surface area contributed by atoms with Gasteiger partial charge in [-0.25, -0.2) is 8.42 Å². The number of carbonyl (C=O) groups excluding carboxylic acids is 1. The third-order valence-electron chi connectivity index (χ3n) is 7.24. The monoisotopic (exact) mass is 539 g/mol. The van der Waals surface area contributed by atoms with Gasteiger partial charge in [-0.05, 0) is 77.0 Å². The lowest BCUT2D eigenvalue weighted by Gasteiger charge is -2.43. The summed E-state index contributed by atoms with van der Waals surface area (Å²) in [5.74, 6) is 0.614. The molecule has 2 aromatic rings. The molecule has 2 aliphatic rings. The van der Waals surface area contributed by atoms with Gasteiger partial charge >= 0.3 is 0 Å². The van der Waals surface area contributed by atoms with Crippen molar-refractivity contribution in [3.63, 3.8) is 0 Å². The Bertz CT molecular complexity index is 1270. The number of hydrogen-bond acceptors (Lipinski definition) is 7. The molecular formula is C28H37N5O4S. The van der Waals surface area contributed by atoms with E-state index in [2.05, 4.69) is 10.2 Å². The first-order valence-corrected chi connectivity index (χ1v) is 14.6. The zero-order valence-corrected chi connectivity index (χ0v) is 23.2. The summed E-state index contributed by atoms with van der Waals surface area (Å²) in [4.78, 5) is 17.4. The van der Waals surface area contributed by atoms with E-state index < -0.39 is 10.0 Å². The Kier molecular flexibility index (Phi) is 9.05. The van der Waals surface area contributed by atoms with Gasteiger partial charge in [-0.15, -0.1) is 0 Å². The van der Waals surface area contributed by atoms with Crippen molar-refractivity contribution in [1.82, 2.24) is 14.1 Å². The number of nitrogens with one attached hydrogen (secondary N) is 1. The highest BCUT2D eigenvalue weighted by Crippen LogP contribution is 2.27. The first-order chi connectivity index (χ1) is 18.2. The van der Waals surface area contributed by atoms with Crippen molar-refractivity contribution in [3.8, 4) is 11.8 Å². The molecule has 0 unspecified atom stereocenters. The summed E-state index contributed by atoms with van der Waals surface area (Å²) in [5.41, 5.74) is 1.91. The molecular weight excluding hydrogens is 502 g/mol. The van der Waals surface area contributed by atoms with Crippen LogP contribution in [-0.2, 0) is 14.8 Å². The molecule has 4 rings (SSSR count). The summed E-state index contributed by atoms with van der Waals surface area (Å²) in [7, 11) is -3.78. The second-order valence-corrected chi connectivity index (χ2v) is 12.1. The number of carbonyl (C=O) groups is 1. The number of ether oxygens (including phenoxy) is 1. The second-order valence-electron chi connectivity index (χ2n) is 10.2. The second kappa shape index (κ2) is 12.3. The van der Waals surface area contributed by atoms with Crippen molar-refractivity contribution >= 4 is 21.6 Å². The fourth-order valence-electron chi connectivity index (χ4n) is 5.46. The van der Waals surface area contributed by atoms with Gasteiger partial charge < -0.3 is 10.1 Å². The van der Waals surface area contributed by atoms with E-state index in [-0.39, 0.29) is 29.4 Å². The van der Waals surface area contributed by atoms with E-state index in [0.717, 1.165) is 30.9 Å². The molecule has 2 fully saturated rings. The zero-order chi connectivity index (χ0) is 27.3. The predicted octanol–water partition coefficient (Wildman–Crippen LogP) is 3.06. The first kappa shape index (κ1) is 28.0. The SMILES string of the molecule is Cc1c(NC(=O)CN2C[C@@H](C)N(S(=O)(=O)c3cccc(C#N)c3)[C@@H](C)C2)cccc1OCCN1CCCC1. The molecule has 1 amide bonds. The van der Waals surface area contributed by atoms with Gasteiger partial charge in [0.1, 0.15) is 12.4 Å². The predicted molar refractivity (Wildman–Crippen MR) is 147 cm³/mol. The van der Waals surface area contributed by atoms with Crippen LogP contribution in [0.15, 0.2) is 47.4 Å². The number of rotatable bonds is 9. The van der Waals surface area contributed by atoms with Crippen molar-refractivity contribution in [2.24, 2.45) is 0 Å². The van der Waals surface area contributed by atoms with E-state index in [1.807, 2.05) is 49.9 Å². The lowest BCUT2D eigenvalue weighted by Crippen LogP contribution is -2.59. The smallest absolute Gasteiger partial charge is 0.243 e. The van der Waals surface area contributed by atoms with Gasteiger partial charge in [0, 0.05) is 43.0 Å². The molecule has 2 heterocycles. The number of hydrogen-bond donors (Lipinski definition) is 1. The molecule has 204 valence electrons. The van der Waals surface area contributed by atoms with Crippen molar-refractivity contribution in [2.45, 2.75) is 50.6 Å². The highest BCUT2D eigenvalue weighted by molar-refractivity contribution is 7.89. The highest BCUT2D eigenvalue weighted by atomic mass is 32.2. The van der Waals surface area contributed by atoms with Gasteiger partial charge in [-0.1, -0.05) is 12.1 Å². The molecule has 2 saturated heterocycles. The molecule has 0 bridgehead atoms. The van der Waals surface area contributed by atoms with Crippen LogP contribution in [-0.4, -0.2) is 86.4 Å². The van der Waals surface area contributed by atoms with E-state index in [1.54, 1.807) is 12.1 Å². The molecule has 0 radical (unpaired) electrons. The molecule has 0 aliphatic carbocycles. The van der Waals surface area contributed by atoms with Crippen LogP contribution in [0.3, 0.4) is 0 Å². The number of benzene rings is 2. The molecule has 10 heteroatoms. The number of piperazine rings is 1. The van der Waals surface area contributed by atoms with Gasteiger partial charge in [0.15, 0.2) is 0 Å². The van der Waals surface area contributed by atoms with Crippen LogP contribution in [0.5, 0.6) is 5.75 Å². The summed E-state index contributed by atoms with van der Waals surface area (Å²) in [5, 5.41) is 12.2. The Morgan fingerprint density at radius 2 is 1.76 bits per heavy atom. The van der Waals surface area contributed by atoms with Gasteiger partial charge in [0.05, 0.1) is 23.1 Å². The van der Waals surface area contributed by atoms with Crippen LogP contribution in [0.2, 0.25) is 0 Å². The number of likely N-dealkylation sites (tertiary alicyclic amines) is 1. The fraction of sp³-hybridized carbons (Fsp3) is 0.500. The molecule has 2 atom stereocenters. The maximum Gasteiger partial charge on any atom is 0.243 e. The standard InChI is InChI=1S/C28H37N5O4S/c1-21-18-32(19-22(2)33(21)38(35,36)25-9-6-8-24(16-25)17-29)20-28(34)30-26-10-7-11-27(23(26)3)37-15-14-31-12-4-5-13-31/h6-11,16,21-22H,4-5,12-15,18-20H2,1-3H3,(H,30,34)/t21-,22+. The number of amides is 1. The molecule has 1 N–H and O–H groups in total. The minimum Gasteiger partial charge on any atom is -0.492 e. The van der Waals surface area contributed by atoms with E-state index in [1.165, 1.54) is 29.3 Å². The van der Waals surface area contributed by atoms with Crippen molar-refractivity contribution in [2.75, 3.05) is 51.2 Å². The van der Waals surface area contributed by atoms with Crippen LogP contribution in [0.4, 0.5) is 5.69 Å². The molecule has 9 nitrogen and oxygen atoms in total. The molecule has 0 spiro atoms. The number of sulfonamides is 1. The topological polar surface area (TPSA) is 106 Å².